The molecule has 1 N–H and O–H groups in total. The van der Waals surface area contributed by atoms with Gasteiger partial charge in [0, 0.05) is 31.4 Å². The van der Waals surface area contributed by atoms with Crippen molar-refractivity contribution >= 4 is 44.0 Å². The number of nitrogens with one attached hydrogen (secondary N) is 1. The molecule has 1 radical (unpaired) electrons. The molecule has 0 saturated heterocycles. The average molecular weight is 727 g/mol. The molecule has 1 aliphatic carbocycles. The van der Waals surface area contributed by atoms with E-state index >= 15 is 0 Å². The van der Waals surface area contributed by atoms with E-state index in [0.29, 0.717) is 5.54 Å². The third kappa shape index (κ3) is 8.02. The van der Waals surface area contributed by atoms with Gasteiger partial charge in [0.25, 0.3) is 0 Å². The van der Waals surface area contributed by atoms with Crippen LogP contribution in [0.15, 0.2) is 103 Å². The minimum absolute atomic E-state index is 0. The molecule has 0 spiro atoms. The van der Waals surface area contributed by atoms with E-state index in [1.54, 1.807) is 5.56 Å². The summed E-state index contributed by atoms with van der Waals surface area (Å²) < 4.78 is 0. The Bertz CT molecular complexity index is 1240. The molecule has 1 atom stereocenters. The number of hydrogen-bond donors (Lipinski definition) is 0. The number of rotatable bonds is 3. The second-order valence-electron chi connectivity index (χ2n) is 11.4. The molecule has 0 heterocycles. The number of fused-ring (bicyclic) bond motifs is 3. The van der Waals surface area contributed by atoms with Crippen LogP contribution in [0, 0.1) is 0 Å². The molecule has 38 heavy (non-hydrogen) atoms. The van der Waals surface area contributed by atoms with Crippen molar-refractivity contribution in [3.63, 3.8) is 0 Å². The Labute approximate surface area is 262 Å². The number of benzene rings is 4. The first-order chi connectivity index (χ1) is 16.6. The van der Waals surface area contributed by atoms with Crippen molar-refractivity contribution in [3.8, 4) is 11.1 Å². The summed E-state index contributed by atoms with van der Waals surface area (Å²) in [5.41, 5.74) is 14.6. The Kier molecular flexibility index (Phi) is 12.9. The van der Waals surface area contributed by atoms with E-state index in [2.05, 4.69) is 124 Å². The van der Waals surface area contributed by atoms with Crippen LogP contribution < -0.4 is 10.4 Å². The van der Waals surface area contributed by atoms with Crippen LogP contribution >= 0.6 is 24.8 Å². The summed E-state index contributed by atoms with van der Waals surface area (Å²) in [7, 11) is -1.08. The fourth-order valence-electron chi connectivity index (χ4n) is 4.95. The molecule has 5 heteroatoms. The minimum atomic E-state index is -1.08. The smallest absolute Gasteiger partial charge is 0.133 e. The van der Waals surface area contributed by atoms with Crippen LogP contribution in [-0.4, -0.2) is 14.3 Å². The Morgan fingerprint density at radius 2 is 1.00 bits per heavy atom. The molecule has 4 aromatic carbocycles. The fourth-order valence-corrected chi connectivity index (χ4v) is 8.22. The van der Waals surface area contributed by atoms with Crippen molar-refractivity contribution in [2.75, 3.05) is 0 Å². The van der Waals surface area contributed by atoms with Gasteiger partial charge in [-0.1, -0.05) is 155 Å². The SMILES string of the molecule is CC(C)(C)[NH-].CC(C)(C)c1cccc2c1C([Si](c1ccccc1)c1ccccc1)c1ccccc1-2.Cl.Cl.[Hf]. The van der Waals surface area contributed by atoms with Crippen LogP contribution in [0.25, 0.3) is 16.9 Å². The molecule has 0 aromatic heterocycles. The van der Waals surface area contributed by atoms with Crippen molar-refractivity contribution in [1.29, 1.82) is 0 Å². The Hall–Kier alpha value is -1.49. The van der Waals surface area contributed by atoms with E-state index in [9.17, 15) is 0 Å². The monoisotopic (exact) mass is 727 g/mol. The van der Waals surface area contributed by atoms with E-state index < -0.39 is 8.80 Å². The third-order valence-corrected chi connectivity index (χ3v) is 9.31. The van der Waals surface area contributed by atoms with Gasteiger partial charge < -0.3 is 5.73 Å². The zero-order valence-corrected chi connectivity index (χ0v) is 29.4. The molecule has 0 amide bonds. The quantitative estimate of drug-likeness (QED) is 0.189. The van der Waals surface area contributed by atoms with E-state index in [0.717, 1.165) is 0 Å². The first-order valence-corrected chi connectivity index (χ1v) is 14.1. The van der Waals surface area contributed by atoms with Gasteiger partial charge in [-0.05, 0) is 33.2 Å². The van der Waals surface area contributed by atoms with E-state index in [-0.39, 0.29) is 61.6 Å². The molecule has 5 rings (SSSR count). The maximum absolute atomic E-state index is 6.94. The third-order valence-electron chi connectivity index (χ3n) is 6.22. The minimum Gasteiger partial charge on any atom is -0.673 e. The Morgan fingerprint density at radius 1 is 0.579 bits per heavy atom. The van der Waals surface area contributed by atoms with Gasteiger partial charge in [0.05, 0.1) is 0 Å². The maximum atomic E-state index is 6.94. The molecule has 1 aliphatic rings. The summed E-state index contributed by atoms with van der Waals surface area (Å²) in [5, 5.41) is 2.95. The molecule has 199 valence electrons. The fraction of sp³-hybridized carbons (Fsp3) is 0.273. The Morgan fingerprint density at radius 3 is 1.47 bits per heavy atom. The largest absolute Gasteiger partial charge is 0.673 e. The Balaban J connectivity index is 0.000000831. The van der Waals surface area contributed by atoms with Gasteiger partial charge >= 0.3 is 0 Å². The summed E-state index contributed by atoms with van der Waals surface area (Å²) in [6.07, 6.45) is 0. The molecule has 0 aliphatic heterocycles. The van der Waals surface area contributed by atoms with Crippen LogP contribution in [-0.2, 0) is 31.3 Å². The first-order valence-electron chi connectivity index (χ1n) is 12.5. The summed E-state index contributed by atoms with van der Waals surface area (Å²) >= 11 is 0. The van der Waals surface area contributed by atoms with Gasteiger partial charge in [-0.3, -0.25) is 0 Å². The topological polar surface area (TPSA) is 23.8 Å². The maximum Gasteiger partial charge on any atom is 0.133 e. The summed E-state index contributed by atoms with van der Waals surface area (Å²) in [6.45, 7) is 12.6. The normalized spacial score (nSPS) is 13.5. The van der Waals surface area contributed by atoms with Gasteiger partial charge in [-0.25, -0.2) is 0 Å². The van der Waals surface area contributed by atoms with Crippen molar-refractivity contribution in [3.05, 3.63) is 126 Å². The van der Waals surface area contributed by atoms with Gasteiger partial charge in [-0.2, -0.15) is 0 Å². The second kappa shape index (κ2) is 14.2. The van der Waals surface area contributed by atoms with Crippen LogP contribution in [0.2, 0.25) is 0 Å². The molecular weight excluding hydrogens is 688 g/mol. The second-order valence-corrected chi connectivity index (χ2v) is 14.0. The van der Waals surface area contributed by atoms with Gasteiger partial charge in [0.15, 0.2) is 0 Å². The van der Waals surface area contributed by atoms with Gasteiger partial charge in [0.2, 0.25) is 0 Å². The molecule has 1 nitrogen and oxygen atoms in total. The standard InChI is InChI=1S/C29H27Si.C4H10N.2ClH.Hf/c1-29(2,3)26-20-12-19-24-23-17-10-11-18-25(23)28(27(24)26)30(21-13-6-4-7-14-21)22-15-8-5-9-16-22;1-4(2,3)5;;;/h4-20,28H,1-3H3;5H,1-3H3;2*1H;/q;-1;;;. The van der Waals surface area contributed by atoms with Crippen molar-refractivity contribution in [2.24, 2.45) is 0 Å². The van der Waals surface area contributed by atoms with Crippen molar-refractivity contribution < 1.29 is 25.8 Å². The van der Waals surface area contributed by atoms with Crippen LogP contribution in [0.3, 0.4) is 0 Å². The molecule has 1 unspecified atom stereocenters. The average Bonchev–Trinajstić information content (AvgIpc) is 3.14. The van der Waals surface area contributed by atoms with Crippen molar-refractivity contribution in [1.82, 2.24) is 0 Å². The van der Waals surface area contributed by atoms with E-state index in [1.807, 2.05) is 20.8 Å². The van der Waals surface area contributed by atoms with E-state index in [1.165, 1.54) is 32.6 Å². The zero-order valence-electron chi connectivity index (χ0n) is 23.2. The summed E-state index contributed by atoms with van der Waals surface area (Å²) in [4.78, 5) is 0. The van der Waals surface area contributed by atoms with Crippen molar-refractivity contribution in [2.45, 2.75) is 58.0 Å². The predicted molar refractivity (Wildman–Crippen MR) is 169 cm³/mol. The first kappa shape index (κ1) is 34.5. The molecule has 4 aromatic rings. The van der Waals surface area contributed by atoms with Crippen LogP contribution in [0.1, 0.15) is 63.8 Å². The van der Waals surface area contributed by atoms with Crippen LogP contribution in [0.4, 0.5) is 0 Å². The zero-order chi connectivity index (χ0) is 25.2. The van der Waals surface area contributed by atoms with Gasteiger partial charge in [-0.15, -0.1) is 30.4 Å². The van der Waals surface area contributed by atoms with Crippen LogP contribution in [0.5, 0.6) is 0 Å². The summed E-state index contributed by atoms with van der Waals surface area (Å²) in [5.74, 6) is 0. The molecule has 0 fully saturated rings. The number of halogens is 2. The number of hydrogen-bond acceptors (Lipinski definition) is 0. The van der Waals surface area contributed by atoms with E-state index in [4.69, 9.17) is 5.73 Å². The van der Waals surface area contributed by atoms with Gasteiger partial charge in [0.1, 0.15) is 8.80 Å². The summed E-state index contributed by atoms with van der Waals surface area (Å²) in [6, 6.07) is 38.4. The predicted octanol–water partition coefficient (Wildman–Crippen LogP) is 8.62. The molecular formula is C33H39Cl2HfNSi-. The molecule has 0 bridgehead atoms. The molecule has 0 saturated carbocycles.